The van der Waals surface area contributed by atoms with Crippen molar-refractivity contribution in [2.24, 2.45) is 0 Å². The lowest BCUT2D eigenvalue weighted by molar-refractivity contribution is -0.131. The first kappa shape index (κ1) is 11.2. The number of nitrogens with zero attached hydrogens (tertiary/aromatic N) is 2. The number of carbonyl (C=O) groups is 1. The highest BCUT2D eigenvalue weighted by Crippen LogP contribution is 2.16. The van der Waals surface area contributed by atoms with Crippen LogP contribution in [0.1, 0.15) is 5.69 Å². The van der Waals surface area contributed by atoms with E-state index in [9.17, 15) is 4.79 Å². The van der Waals surface area contributed by atoms with Crippen LogP contribution in [-0.4, -0.2) is 47.2 Å². The van der Waals surface area contributed by atoms with Crippen molar-refractivity contribution in [2.45, 2.75) is 6.42 Å². The zero-order chi connectivity index (χ0) is 12.4. The Bertz CT molecular complexity index is 557. The number of fused-ring (bicyclic) bond motifs is 1. The lowest BCUT2D eigenvalue weighted by Crippen LogP contribution is -2.47. The second-order valence-corrected chi connectivity index (χ2v) is 4.53. The Labute approximate surface area is 105 Å². The number of aromatic amines is 1. The predicted octanol–water partition coefficient (Wildman–Crippen LogP) is 0.537. The van der Waals surface area contributed by atoms with Gasteiger partial charge in [-0.2, -0.15) is 5.10 Å². The SMILES string of the molecule is O=C(Cc1[nH]nc2ccccc12)N1CCNCC1. The molecule has 0 aliphatic carbocycles. The second kappa shape index (κ2) is 4.78. The van der Waals surface area contributed by atoms with E-state index in [1.807, 2.05) is 29.2 Å². The molecule has 5 heteroatoms. The molecule has 0 atom stereocenters. The summed E-state index contributed by atoms with van der Waals surface area (Å²) in [6.45, 7) is 3.36. The van der Waals surface area contributed by atoms with Crippen molar-refractivity contribution in [3.63, 3.8) is 0 Å². The third-order valence-electron chi connectivity index (χ3n) is 3.34. The van der Waals surface area contributed by atoms with E-state index in [4.69, 9.17) is 0 Å². The Kier molecular flexibility index (Phi) is 2.98. The van der Waals surface area contributed by atoms with Crippen molar-refractivity contribution >= 4 is 16.8 Å². The molecule has 1 aliphatic heterocycles. The second-order valence-electron chi connectivity index (χ2n) is 4.53. The van der Waals surface area contributed by atoms with Gasteiger partial charge in [-0.05, 0) is 6.07 Å². The maximum atomic E-state index is 12.2. The molecule has 1 amide bonds. The summed E-state index contributed by atoms with van der Waals surface area (Å²) in [6.07, 6.45) is 0.403. The van der Waals surface area contributed by atoms with Crippen molar-refractivity contribution in [1.29, 1.82) is 0 Å². The minimum Gasteiger partial charge on any atom is -0.340 e. The third-order valence-corrected chi connectivity index (χ3v) is 3.34. The molecule has 5 nitrogen and oxygen atoms in total. The normalized spacial score (nSPS) is 16.1. The molecule has 1 fully saturated rings. The van der Waals surface area contributed by atoms with Crippen molar-refractivity contribution in [3.8, 4) is 0 Å². The summed E-state index contributed by atoms with van der Waals surface area (Å²) in [5.41, 5.74) is 1.83. The molecule has 0 saturated carbocycles. The molecule has 1 aliphatic rings. The van der Waals surface area contributed by atoms with Gasteiger partial charge in [-0.25, -0.2) is 0 Å². The van der Waals surface area contributed by atoms with Gasteiger partial charge in [0.05, 0.1) is 17.6 Å². The minimum absolute atomic E-state index is 0.172. The number of piperazine rings is 1. The molecule has 18 heavy (non-hydrogen) atoms. The number of para-hydroxylation sites is 1. The van der Waals surface area contributed by atoms with Gasteiger partial charge in [-0.1, -0.05) is 18.2 Å². The van der Waals surface area contributed by atoms with Crippen LogP contribution in [0.15, 0.2) is 24.3 Å². The highest BCUT2D eigenvalue weighted by Gasteiger charge is 2.18. The number of rotatable bonds is 2. The van der Waals surface area contributed by atoms with Crippen LogP contribution < -0.4 is 5.32 Å². The molecule has 1 aromatic heterocycles. The Morgan fingerprint density at radius 1 is 1.28 bits per heavy atom. The molecule has 2 aromatic rings. The molecule has 2 heterocycles. The van der Waals surface area contributed by atoms with Gasteiger partial charge in [0.2, 0.25) is 5.91 Å². The Balaban J connectivity index is 1.77. The number of hydrogen-bond acceptors (Lipinski definition) is 3. The quantitative estimate of drug-likeness (QED) is 0.810. The van der Waals surface area contributed by atoms with Crippen molar-refractivity contribution in [1.82, 2.24) is 20.4 Å². The van der Waals surface area contributed by atoms with Gasteiger partial charge in [-0.15, -0.1) is 0 Å². The molecule has 0 radical (unpaired) electrons. The zero-order valence-corrected chi connectivity index (χ0v) is 10.1. The number of aromatic nitrogens is 2. The van der Waals surface area contributed by atoms with Gasteiger partial charge in [0.15, 0.2) is 0 Å². The molecule has 2 N–H and O–H groups in total. The van der Waals surface area contributed by atoms with Crippen LogP contribution in [-0.2, 0) is 11.2 Å². The summed E-state index contributed by atoms with van der Waals surface area (Å²) in [7, 11) is 0. The predicted molar refractivity (Wildman–Crippen MR) is 69.2 cm³/mol. The Morgan fingerprint density at radius 2 is 2.06 bits per heavy atom. The van der Waals surface area contributed by atoms with Gasteiger partial charge in [0.25, 0.3) is 0 Å². The molecule has 0 bridgehead atoms. The van der Waals surface area contributed by atoms with Gasteiger partial charge >= 0.3 is 0 Å². The van der Waals surface area contributed by atoms with E-state index in [0.29, 0.717) is 6.42 Å². The van der Waals surface area contributed by atoms with Gasteiger partial charge < -0.3 is 10.2 Å². The topological polar surface area (TPSA) is 61.0 Å². The molecule has 0 spiro atoms. The first-order valence-corrected chi connectivity index (χ1v) is 6.25. The largest absolute Gasteiger partial charge is 0.340 e. The lowest BCUT2D eigenvalue weighted by atomic mass is 10.1. The first-order chi connectivity index (χ1) is 8.84. The highest BCUT2D eigenvalue weighted by atomic mass is 16.2. The van der Waals surface area contributed by atoms with E-state index in [0.717, 1.165) is 42.8 Å². The smallest absolute Gasteiger partial charge is 0.228 e. The van der Waals surface area contributed by atoms with Gasteiger partial charge in [0, 0.05) is 31.6 Å². The maximum absolute atomic E-state index is 12.2. The number of amides is 1. The van der Waals surface area contributed by atoms with Crippen LogP contribution in [0, 0.1) is 0 Å². The lowest BCUT2D eigenvalue weighted by Gasteiger charge is -2.27. The van der Waals surface area contributed by atoms with Crippen LogP contribution in [0.2, 0.25) is 0 Å². The fraction of sp³-hybridized carbons (Fsp3) is 0.385. The minimum atomic E-state index is 0.172. The molecule has 1 aromatic carbocycles. The molecule has 1 saturated heterocycles. The first-order valence-electron chi connectivity index (χ1n) is 6.25. The standard InChI is InChI=1S/C13H16N4O/c18-13(17-7-5-14-6-8-17)9-12-10-3-1-2-4-11(10)15-16-12/h1-4,14H,5-9H2,(H,15,16). The van der Waals surface area contributed by atoms with Crippen LogP contribution in [0.4, 0.5) is 0 Å². The van der Waals surface area contributed by atoms with Crippen LogP contribution in [0.3, 0.4) is 0 Å². The van der Waals surface area contributed by atoms with E-state index in [1.54, 1.807) is 0 Å². The summed E-state index contributed by atoms with van der Waals surface area (Å²) >= 11 is 0. The molecule has 0 unspecified atom stereocenters. The van der Waals surface area contributed by atoms with E-state index >= 15 is 0 Å². The van der Waals surface area contributed by atoms with Crippen molar-refractivity contribution in [2.75, 3.05) is 26.2 Å². The number of hydrogen-bond donors (Lipinski definition) is 2. The van der Waals surface area contributed by atoms with Gasteiger partial charge in [-0.3, -0.25) is 9.89 Å². The average Bonchev–Trinajstić information content (AvgIpc) is 2.83. The molecule has 3 rings (SSSR count). The fourth-order valence-electron chi connectivity index (χ4n) is 2.33. The van der Waals surface area contributed by atoms with Crippen LogP contribution in [0.5, 0.6) is 0 Å². The number of carbonyl (C=O) groups excluding carboxylic acids is 1. The third kappa shape index (κ3) is 2.09. The Morgan fingerprint density at radius 3 is 2.89 bits per heavy atom. The van der Waals surface area contributed by atoms with E-state index in [1.165, 1.54) is 0 Å². The van der Waals surface area contributed by atoms with Crippen molar-refractivity contribution in [3.05, 3.63) is 30.0 Å². The van der Waals surface area contributed by atoms with Crippen LogP contribution >= 0.6 is 0 Å². The summed E-state index contributed by atoms with van der Waals surface area (Å²) in [5, 5.41) is 11.5. The summed E-state index contributed by atoms with van der Waals surface area (Å²) in [5.74, 6) is 0.172. The summed E-state index contributed by atoms with van der Waals surface area (Å²) in [6, 6.07) is 7.87. The number of nitrogens with one attached hydrogen (secondary N) is 2. The van der Waals surface area contributed by atoms with Crippen molar-refractivity contribution < 1.29 is 4.79 Å². The highest BCUT2D eigenvalue weighted by molar-refractivity contribution is 5.87. The maximum Gasteiger partial charge on any atom is 0.228 e. The average molecular weight is 244 g/mol. The Hall–Kier alpha value is -1.88. The van der Waals surface area contributed by atoms with E-state index in [-0.39, 0.29) is 5.91 Å². The monoisotopic (exact) mass is 244 g/mol. The fourth-order valence-corrected chi connectivity index (χ4v) is 2.33. The molecular formula is C13H16N4O. The van der Waals surface area contributed by atoms with E-state index < -0.39 is 0 Å². The number of H-pyrrole nitrogens is 1. The summed E-state index contributed by atoms with van der Waals surface area (Å²) in [4.78, 5) is 14.1. The zero-order valence-electron chi connectivity index (χ0n) is 10.1. The number of benzene rings is 1. The van der Waals surface area contributed by atoms with Gasteiger partial charge in [0.1, 0.15) is 0 Å². The summed E-state index contributed by atoms with van der Waals surface area (Å²) < 4.78 is 0. The van der Waals surface area contributed by atoms with Crippen LogP contribution in [0.25, 0.3) is 10.9 Å². The van der Waals surface area contributed by atoms with E-state index in [2.05, 4.69) is 15.5 Å². The molecule has 94 valence electrons. The molecular weight excluding hydrogens is 228 g/mol.